The standard InChI is InChI=1S/C20H25N3O2/c24-20(16-25-18-10-7-11-21-14-18)22-15-19(17-8-3-1-4-9-17)23-12-5-2-6-13-23/h1,3-4,7-11,14,19H,2,5-6,12-13,15-16H2,(H,22,24)/t19-/m1/s1. The Hall–Kier alpha value is -2.40. The number of nitrogens with zero attached hydrogens (tertiary/aromatic N) is 2. The number of carbonyl (C=O) groups is 1. The van der Waals surface area contributed by atoms with Gasteiger partial charge < -0.3 is 10.1 Å². The van der Waals surface area contributed by atoms with Crippen LogP contribution < -0.4 is 10.1 Å². The minimum absolute atomic E-state index is 0.00715. The lowest BCUT2D eigenvalue weighted by Gasteiger charge is -2.35. The molecule has 25 heavy (non-hydrogen) atoms. The summed E-state index contributed by atoms with van der Waals surface area (Å²) in [6, 6.07) is 14.2. The Kier molecular flexibility index (Phi) is 6.40. The zero-order valence-electron chi connectivity index (χ0n) is 14.4. The van der Waals surface area contributed by atoms with Crippen LogP contribution in [0.3, 0.4) is 0 Å². The molecule has 1 saturated heterocycles. The zero-order chi connectivity index (χ0) is 17.3. The molecule has 2 heterocycles. The van der Waals surface area contributed by atoms with Gasteiger partial charge in [0.2, 0.25) is 0 Å². The van der Waals surface area contributed by atoms with Gasteiger partial charge >= 0.3 is 0 Å². The van der Waals surface area contributed by atoms with E-state index in [2.05, 4.69) is 39.5 Å². The average molecular weight is 339 g/mol. The first-order valence-corrected chi connectivity index (χ1v) is 8.91. The van der Waals surface area contributed by atoms with E-state index in [-0.39, 0.29) is 18.6 Å². The first-order valence-electron chi connectivity index (χ1n) is 8.91. The van der Waals surface area contributed by atoms with Crippen LogP contribution in [0.4, 0.5) is 0 Å². The van der Waals surface area contributed by atoms with Crippen molar-refractivity contribution < 1.29 is 9.53 Å². The third-order valence-electron chi connectivity index (χ3n) is 4.51. The molecule has 0 unspecified atom stereocenters. The molecule has 5 heteroatoms. The Morgan fingerprint density at radius 2 is 1.92 bits per heavy atom. The van der Waals surface area contributed by atoms with Crippen LogP contribution in [0.25, 0.3) is 0 Å². The van der Waals surface area contributed by atoms with E-state index in [1.165, 1.54) is 24.8 Å². The van der Waals surface area contributed by atoms with Gasteiger partial charge in [-0.15, -0.1) is 0 Å². The van der Waals surface area contributed by atoms with Crippen LogP contribution in [-0.4, -0.2) is 42.0 Å². The minimum atomic E-state index is -0.109. The molecule has 0 radical (unpaired) electrons. The number of ether oxygens (including phenoxy) is 1. The Labute approximate surface area is 149 Å². The Morgan fingerprint density at radius 1 is 1.12 bits per heavy atom. The lowest BCUT2D eigenvalue weighted by molar-refractivity contribution is -0.123. The average Bonchev–Trinajstić information content (AvgIpc) is 2.69. The summed E-state index contributed by atoms with van der Waals surface area (Å²) in [7, 11) is 0. The SMILES string of the molecule is O=C(COc1cccnc1)NC[C@H](c1ccccc1)N1CCCCC1. The summed E-state index contributed by atoms with van der Waals surface area (Å²) in [4.78, 5) is 18.6. The second-order valence-corrected chi connectivity index (χ2v) is 6.30. The first-order chi connectivity index (χ1) is 12.3. The maximum absolute atomic E-state index is 12.2. The number of piperidine rings is 1. The highest BCUT2D eigenvalue weighted by molar-refractivity contribution is 5.77. The predicted octanol–water partition coefficient (Wildman–Crippen LogP) is 2.80. The van der Waals surface area contributed by atoms with Gasteiger partial charge in [-0.3, -0.25) is 14.7 Å². The van der Waals surface area contributed by atoms with E-state index in [1.54, 1.807) is 24.5 Å². The van der Waals surface area contributed by atoms with Gasteiger partial charge in [0.15, 0.2) is 6.61 Å². The molecule has 1 atom stereocenters. The molecule has 1 aromatic heterocycles. The maximum Gasteiger partial charge on any atom is 0.258 e. The molecule has 0 bridgehead atoms. The maximum atomic E-state index is 12.2. The largest absolute Gasteiger partial charge is 0.482 e. The second kappa shape index (κ2) is 9.18. The molecule has 1 aliphatic heterocycles. The fraction of sp³-hybridized carbons (Fsp3) is 0.400. The lowest BCUT2D eigenvalue weighted by atomic mass is 10.0. The fourth-order valence-electron chi connectivity index (χ4n) is 3.21. The molecule has 0 spiro atoms. The van der Waals surface area contributed by atoms with Crippen molar-refractivity contribution >= 4 is 5.91 Å². The Bertz CT molecular complexity index is 643. The van der Waals surface area contributed by atoms with Crippen molar-refractivity contribution in [2.75, 3.05) is 26.2 Å². The van der Waals surface area contributed by atoms with Crippen molar-refractivity contribution in [2.24, 2.45) is 0 Å². The summed E-state index contributed by atoms with van der Waals surface area (Å²) in [5.74, 6) is 0.495. The van der Waals surface area contributed by atoms with Crippen LogP contribution in [0, 0.1) is 0 Å². The van der Waals surface area contributed by atoms with Crippen LogP contribution in [-0.2, 0) is 4.79 Å². The normalized spacial score (nSPS) is 16.2. The number of pyridine rings is 1. The van der Waals surface area contributed by atoms with Crippen LogP contribution in [0.5, 0.6) is 5.75 Å². The molecular formula is C20H25N3O2. The van der Waals surface area contributed by atoms with Gasteiger partial charge in [0.25, 0.3) is 5.91 Å². The molecule has 1 amide bonds. The summed E-state index contributed by atoms with van der Waals surface area (Å²) < 4.78 is 5.46. The van der Waals surface area contributed by atoms with Crippen molar-refractivity contribution in [3.05, 3.63) is 60.4 Å². The molecule has 1 aliphatic rings. The number of aromatic nitrogens is 1. The second-order valence-electron chi connectivity index (χ2n) is 6.30. The predicted molar refractivity (Wildman–Crippen MR) is 97.3 cm³/mol. The number of carbonyl (C=O) groups excluding carboxylic acids is 1. The van der Waals surface area contributed by atoms with Crippen LogP contribution in [0.2, 0.25) is 0 Å². The Balaban J connectivity index is 1.55. The van der Waals surface area contributed by atoms with E-state index in [9.17, 15) is 4.79 Å². The monoisotopic (exact) mass is 339 g/mol. The molecule has 2 aromatic rings. The van der Waals surface area contributed by atoms with E-state index in [0.29, 0.717) is 12.3 Å². The summed E-state index contributed by atoms with van der Waals surface area (Å²) in [5, 5.41) is 3.02. The third kappa shape index (κ3) is 5.29. The highest BCUT2D eigenvalue weighted by Gasteiger charge is 2.22. The van der Waals surface area contributed by atoms with Crippen molar-refractivity contribution in [3.63, 3.8) is 0 Å². The number of benzene rings is 1. The number of hydrogen-bond acceptors (Lipinski definition) is 4. The molecule has 132 valence electrons. The van der Waals surface area contributed by atoms with Crippen molar-refractivity contribution in [1.82, 2.24) is 15.2 Å². The topological polar surface area (TPSA) is 54.5 Å². The summed E-state index contributed by atoms with van der Waals surface area (Å²) in [6.45, 7) is 2.77. The van der Waals surface area contributed by atoms with Crippen molar-refractivity contribution in [2.45, 2.75) is 25.3 Å². The van der Waals surface area contributed by atoms with Gasteiger partial charge in [-0.25, -0.2) is 0 Å². The number of likely N-dealkylation sites (tertiary alicyclic amines) is 1. The molecule has 3 rings (SSSR count). The smallest absolute Gasteiger partial charge is 0.258 e. The van der Waals surface area contributed by atoms with E-state index in [0.717, 1.165) is 13.1 Å². The van der Waals surface area contributed by atoms with E-state index < -0.39 is 0 Å². The third-order valence-corrected chi connectivity index (χ3v) is 4.51. The molecular weight excluding hydrogens is 314 g/mol. The molecule has 1 N–H and O–H groups in total. The quantitative estimate of drug-likeness (QED) is 0.843. The number of amides is 1. The number of nitrogens with one attached hydrogen (secondary N) is 1. The van der Waals surface area contributed by atoms with E-state index in [1.807, 2.05) is 6.07 Å². The molecule has 0 saturated carbocycles. The molecule has 5 nitrogen and oxygen atoms in total. The summed E-state index contributed by atoms with van der Waals surface area (Å²) in [6.07, 6.45) is 7.02. The van der Waals surface area contributed by atoms with Gasteiger partial charge in [-0.2, -0.15) is 0 Å². The highest BCUT2D eigenvalue weighted by atomic mass is 16.5. The van der Waals surface area contributed by atoms with Gasteiger partial charge in [0, 0.05) is 12.7 Å². The van der Waals surface area contributed by atoms with E-state index >= 15 is 0 Å². The van der Waals surface area contributed by atoms with E-state index in [4.69, 9.17) is 4.74 Å². The zero-order valence-corrected chi connectivity index (χ0v) is 14.4. The van der Waals surface area contributed by atoms with Gasteiger partial charge in [-0.1, -0.05) is 36.8 Å². The summed E-state index contributed by atoms with van der Waals surface area (Å²) in [5.41, 5.74) is 1.25. The van der Waals surface area contributed by atoms with Crippen LogP contribution in [0.1, 0.15) is 30.9 Å². The van der Waals surface area contributed by atoms with Gasteiger partial charge in [-0.05, 0) is 43.6 Å². The first kappa shape index (κ1) is 17.4. The fourth-order valence-corrected chi connectivity index (χ4v) is 3.21. The highest BCUT2D eigenvalue weighted by Crippen LogP contribution is 2.23. The number of hydrogen-bond donors (Lipinski definition) is 1. The summed E-state index contributed by atoms with van der Waals surface area (Å²) >= 11 is 0. The van der Waals surface area contributed by atoms with Crippen molar-refractivity contribution in [3.8, 4) is 5.75 Å². The van der Waals surface area contributed by atoms with Gasteiger partial charge in [0.05, 0.1) is 12.2 Å². The van der Waals surface area contributed by atoms with Crippen LogP contribution in [0.15, 0.2) is 54.9 Å². The van der Waals surface area contributed by atoms with Crippen LogP contribution >= 0.6 is 0 Å². The minimum Gasteiger partial charge on any atom is -0.482 e. The van der Waals surface area contributed by atoms with Crippen molar-refractivity contribution in [1.29, 1.82) is 0 Å². The molecule has 1 fully saturated rings. The lowest BCUT2D eigenvalue weighted by Crippen LogP contribution is -2.41. The van der Waals surface area contributed by atoms with Gasteiger partial charge in [0.1, 0.15) is 5.75 Å². The molecule has 1 aromatic carbocycles. The number of rotatable bonds is 7. The molecule has 0 aliphatic carbocycles. The Morgan fingerprint density at radius 3 is 2.64 bits per heavy atom.